The molecule has 0 heterocycles. The van der Waals surface area contributed by atoms with E-state index < -0.39 is 34.7 Å². The number of hydrogen-bond acceptors (Lipinski definition) is 4. The van der Waals surface area contributed by atoms with Crippen molar-refractivity contribution in [3.05, 3.63) is 24.0 Å². The van der Waals surface area contributed by atoms with Gasteiger partial charge in [-0.05, 0) is 37.0 Å². The summed E-state index contributed by atoms with van der Waals surface area (Å²) in [5.74, 6) is -0.453. The fraction of sp³-hybridized carbons (Fsp3) is 0.500. The lowest BCUT2D eigenvalue weighted by molar-refractivity contribution is 0.549. The molecule has 9 heteroatoms. The van der Waals surface area contributed by atoms with Crippen LogP contribution in [-0.4, -0.2) is 23.4 Å². The first kappa shape index (κ1) is 16.7. The Bertz CT molecular complexity index is 730. The van der Waals surface area contributed by atoms with Gasteiger partial charge in [0, 0.05) is 17.2 Å². The fourth-order valence-electron chi connectivity index (χ4n) is 1.93. The predicted octanol–water partition coefficient (Wildman–Crippen LogP) is 2.22. The molecule has 1 aromatic carbocycles. The third kappa shape index (κ3) is 4.64. The summed E-state index contributed by atoms with van der Waals surface area (Å²) in [7, 11) is -3.01. The second-order valence-electron chi connectivity index (χ2n) is 5.01. The lowest BCUT2D eigenvalue weighted by atomic mass is 10.2. The molecule has 1 aromatic rings. The molecule has 0 radical (unpaired) electrons. The second-order valence-corrected chi connectivity index (χ2v) is 9.31. The first-order valence-corrected chi connectivity index (χ1v) is 10.2. The van der Waals surface area contributed by atoms with Crippen LogP contribution < -0.4 is 4.72 Å². The van der Waals surface area contributed by atoms with E-state index in [1.165, 1.54) is 12.8 Å². The van der Waals surface area contributed by atoms with E-state index >= 15 is 0 Å². The molecule has 1 fully saturated rings. The minimum absolute atomic E-state index is 0.230. The molecule has 0 spiro atoms. The third-order valence-corrected chi connectivity index (χ3v) is 6.10. The van der Waals surface area contributed by atoms with Crippen molar-refractivity contribution in [3.63, 3.8) is 0 Å². The maximum Gasteiger partial charge on any atom is 0.261 e. The van der Waals surface area contributed by atoms with Gasteiger partial charge in [0.05, 0.1) is 4.90 Å². The van der Waals surface area contributed by atoms with Crippen molar-refractivity contribution < 1.29 is 21.2 Å². The lowest BCUT2D eigenvalue weighted by Gasteiger charge is -2.08. The normalized spacial score (nSPS) is 16.1. The van der Waals surface area contributed by atoms with E-state index in [-0.39, 0.29) is 6.54 Å². The summed E-state index contributed by atoms with van der Waals surface area (Å²) in [5.41, 5.74) is 0. The van der Waals surface area contributed by atoms with Crippen LogP contribution in [0.2, 0.25) is 0 Å². The molecule has 1 saturated carbocycles. The van der Waals surface area contributed by atoms with Crippen molar-refractivity contribution in [1.82, 2.24) is 4.72 Å². The monoisotopic (exact) mass is 355 g/mol. The van der Waals surface area contributed by atoms with Crippen LogP contribution in [0.4, 0.5) is 4.39 Å². The van der Waals surface area contributed by atoms with Gasteiger partial charge in [-0.1, -0.05) is 12.8 Å². The largest absolute Gasteiger partial charge is 0.261 e. The molecular formula is C12H15ClFNO4S2. The van der Waals surface area contributed by atoms with Crippen LogP contribution >= 0.6 is 10.7 Å². The SMILES string of the molecule is O=S(=O)(Cl)c1ccc(S(=O)(=O)NCCCC2CC2)c(F)c1. The smallest absolute Gasteiger partial charge is 0.211 e. The molecule has 1 N–H and O–H groups in total. The van der Waals surface area contributed by atoms with Gasteiger partial charge in [0.1, 0.15) is 10.7 Å². The molecule has 0 atom stereocenters. The zero-order valence-corrected chi connectivity index (χ0v) is 13.4. The van der Waals surface area contributed by atoms with Crippen molar-refractivity contribution in [3.8, 4) is 0 Å². The molecule has 1 aliphatic carbocycles. The van der Waals surface area contributed by atoms with Gasteiger partial charge in [0.25, 0.3) is 9.05 Å². The Labute approximate surface area is 128 Å². The Balaban J connectivity index is 2.08. The van der Waals surface area contributed by atoms with Crippen LogP contribution in [0.3, 0.4) is 0 Å². The van der Waals surface area contributed by atoms with Crippen LogP contribution in [-0.2, 0) is 19.1 Å². The second kappa shape index (κ2) is 6.20. The minimum atomic E-state index is -4.09. The predicted molar refractivity (Wildman–Crippen MR) is 76.6 cm³/mol. The van der Waals surface area contributed by atoms with Gasteiger partial charge in [-0.25, -0.2) is 25.9 Å². The number of benzene rings is 1. The molecule has 0 amide bonds. The van der Waals surface area contributed by atoms with Crippen LogP contribution in [0.25, 0.3) is 0 Å². The Hall–Kier alpha value is -0.700. The quantitative estimate of drug-likeness (QED) is 0.600. The van der Waals surface area contributed by atoms with Gasteiger partial charge in [0.2, 0.25) is 10.0 Å². The van der Waals surface area contributed by atoms with Gasteiger partial charge < -0.3 is 0 Å². The summed E-state index contributed by atoms with van der Waals surface area (Å²) >= 11 is 0. The van der Waals surface area contributed by atoms with Crippen molar-refractivity contribution in [2.45, 2.75) is 35.5 Å². The molecular weight excluding hydrogens is 341 g/mol. The lowest BCUT2D eigenvalue weighted by Crippen LogP contribution is -2.25. The van der Waals surface area contributed by atoms with E-state index in [1.807, 2.05) is 0 Å². The topological polar surface area (TPSA) is 80.3 Å². The van der Waals surface area contributed by atoms with E-state index in [0.29, 0.717) is 18.4 Å². The Morgan fingerprint density at radius 3 is 2.43 bits per heavy atom. The van der Waals surface area contributed by atoms with Gasteiger partial charge in [-0.3, -0.25) is 0 Å². The van der Waals surface area contributed by atoms with E-state index in [0.717, 1.165) is 18.6 Å². The summed E-state index contributed by atoms with van der Waals surface area (Å²) in [6.45, 7) is 0.230. The maximum absolute atomic E-state index is 13.8. The van der Waals surface area contributed by atoms with Crippen molar-refractivity contribution >= 4 is 29.8 Å². The summed E-state index contributed by atoms with van der Waals surface area (Å²) in [4.78, 5) is -1.06. The average molecular weight is 356 g/mol. The van der Waals surface area contributed by atoms with E-state index in [2.05, 4.69) is 4.72 Å². The fourth-order valence-corrected chi connectivity index (χ4v) is 3.83. The number of hydrogen-bond donors (Lipinski definition) is 1. The highest BCUT2D eigenvalue weighted by molar-refractivity contribution is 8.13. The molecule has 0 aliphatic heterocycles. The molecule has 0 unspecified atom stereocenters. The molecule has 0 aromatic heterocycles. The van der Waals surface area contributed by atoms with E-state index in [9.17, 15) is 21.2 Å². The molecule has 1 aliphatic rings. The number of nitrogens with one attached hydrogen (secondary N) is 1. The molecule has 21 heavy (non-hydrogen) atoms. The van der Waals surface area contributed by atoms with Gasteiger partial charge in [-0.2, -0.15) is 0 Å². The zero-order valence-electron chi connectivity index (χ0n) is 11.1. The van der Waals surface area contributed by atoms with Crippen LogP contribution in [0.15, 0.2) is 28.0 Å². The van der Waals surface area contributed by atoms with E-state index in [4.69, 9.17) is 10.7 Å². The summed E-state index contributed by atoms with van der Waals surface area (Å²) in [5, 5.41) is 0. The first-order chi connectivity index (χ1) is 9.70. The molecule has 0 saturated heterocycles. The highest BCUT2D eigenvalue weighted by atomic mass is 35.7. The molecule has 2 rings (SSSR count). The molecule has 5 nitrogen and oxygen atoms in total. The van der Waals surface area contributed by atoms with Crippen LogP contribution in [0, 0.1) is 11.7 Å². The Morgan fingerprint density at radius 1 is 1.24 bits per heavy atom. The van der Waals surface area contributed by atoms with Gasteiger partial charge in [-0.15, -0.1) is 0 Å². The van der Waals surface area contributed by atoms with Crippen molar-refractivity contribution in [2.24, 2.45) is 5.92 Å². The van der Waals surface area contributed by atoms with Gasteiger partial charge >= 0.3 is 0 Å². The summed E-state index contributed by atoms with van der Waals surface area (Å²) in [6, 6.07) is 2.46. The standard InChI is InChI=1S/C12H15ClFNO4S2/c13-20(16,17)10-5-6-12(11(14)8-10)21(18,19)15-7-1-2-9-3-4-9/h5-6,8-9,15H,1-4,7H2. The third-order valence-electron chi connectivity index (χ3n) is 3.25. The summed E-state index contributed by atoms with van der Waals surface area (Å²) < 4.78 is 62.1. The Morgan fingerprint density at radius 2 is 1.90 bits per heavy atom. The average Bonchev–Trinajstić information content (AvgIpc) is 3.17. The zero-order chi connectivity index (χ0) is 15.7. The molecule has 118 valence electrons. The summed E-state index contributed by atoms with van der Waals surface area (Å²) in [6.07, 6.45) is 4.03. The highest BCUT2D eigenvalue weighted by Gasteiger charge is 2.23. The number of rotatable bonds is 7. The maximum atomic E-state index is 13.8. The minimum Gasteiger partial charge on any atom is -0.211 e. The van der Waals surface area contributed by atoms with Crippen molar-refractivity contribution in [1.29, 1.82) is 0 Å². The number of halogens is 2. The van der Waals surface area contributed by atoms with E-state index in [1.54, 1.807) is 0 Å². The van der Waals surface area contributed by atoms with Crippen molar-refractivity contribution in [2.75, 3.05) is 6.54 Å². The van der Waals surface area contributed by atoms with Crippen LogP contribution in [0.5, 0.6) is 0 Å². The van der Waals surface area contributed by atoms with Gasteiger partial charge in [0.15, 0.2) is 0 Å². The first-order valence-electron chi connectivity index (χ1n) is 6.44. The number of sulfonamides is 1. The van der Waals surface area contributed by atoms with Crippen LogP contribution in [0.1, 0.15) is 25.7 Å². The Kier molecular flexibility index (Phi) is 4.92. The molecule has 0 bridgehead atoms. The highest BCUT2D eigenvalue weighted by Crippen LogP contribution is 2.33.